The second-order valence-electron chi connectivity index (χ2n) is 3.71. The van der Waals surface area contributed by atoms with Crippen molar-refractivity contribution in [1.29, 1.82) is 0 Å². The molecule has 0 aliphatic carbocycles. The average Bonchev–Trinajstić information content (AvgIpc) is 2.66. The van der Waals surface area contributed by atoms with E-state index in [1.807, 2.05) is 37.3 Å². The molecule has 0 aliphatic rings. The fourth-order valence-electron chi connectivity index (χ4n) is 1.66. The topological polar surface area (TPSA) is 46.3 Å². The third kappa shape index (κ3) is 1.66. The van der Waals surface area contributed by atoms with Crippen molar-refractivity contribution in [3.63, 3.8) is 0 Å². The molecule has 0 saturated heterocycles. The number of hydrogen-bond acceptors (Lipinski definition) is 3. The Kier molecular flexibility index (Phi) is 2.32. The summed E-state index contributed by atoms with van der Waals surface area (Å²) in [7, 11) is 0. The van der Waals surface area contributed by atoms with E-state index in [4.69, 9.17) is 4.42 Å². The molecular weight excluding hydrogens is 190 g/mol. The average molecular weight is 203 g/mol. The number of nitrogens with zero attached hydrogens (tertiary/aromatic N) is 1. The lowest BCUT2D eigenvalue weighted by atomic mass is 9.92. The number of oxazole rings is 1. The molecule has 1 aromatic carbocycles. The van der Waals surface area contributed by atoms with Crippen molar-refractivity contribution < 1.29 is 9.52 Å². The summed E-state index contributed by atoms with van der Waals surface area (Å²) in [5, 5.41) is 10.4. The van der Waals surface area contributed by atoms with Crippen molar-refractivity contribution in [2.75, 3.05) is 0 Å². The van der Waals surface area contributed by atoms with E-state index in [0.29, 0.717) is 11.5 Å². The maximum Gasteiger partial charge on any atom is 0.181 e. The van der Waals surface area contributed by atoms with Gasteiger partial charge in [0.2, 0.25) is 0 Å². The van der Waals surface area contributed by atoms with Crippen molar-refractivity contribution in [2.45, 2.75) is 19.4 Å². The Morgan fingerprint density at radius 1 is 1.27 bits per heavy atom. The van der Waals surface area contributed by atoms with Gasteiger partial charge in [-0.3, -0.25) is 0 Å². The van der Waals surface area contributed by atoms with Gasteiger partial charge in [-0.15, -0.1) is 0 Å². The summed E-state index contributed by atoms with van der Waals surface area (Å²) < 4.78 is 5.22. The number of aryl methyl sites for hydroxylation is 1. The van der Waals surface area contributed by atoms with E-state index in [1.165, 1.54) is 6.39 Å². The predicted molar refractivity (Wildman–Crippen MR) is 56.4 cm³/mol. The van der Waals surface area contributed by atoms with E-state index in [2.05, 4.69) is 4.98 Å². The van der Waals surface area contributed by atoms with Crippen LogP contribution in [0.15, 0.2) is 41.1 Å². The van der Waals surface area contributed by atoms with Gasteiger partial charge in [0.1, 0.15) is 5.60 Å². The summed E-state index contributed by atoms with van der Waals surface area (Å²) in [5.74, 6) is 0.494. The van der Waals surface area contributed by atoms with Crippen molar-refractivity contribution >= 4 is 0 Å². The molecule has 1 aromatic heterocycles. The molecule has 1 heterocycles. The molecule has 0 amide bonds. The Bertz CT molecular complexity index is 446. The zero-order valence-corrected chi connectivity index (χ0v) is 8.77. The largest absolute Gasteiger partial charge is 0.445 e. The highest BCUT2D eigenvalue weighted by Crippen LogP contribution is 2.30. The van der Waals surface area contributed by atoms with Crippen molar-refractivity contribution in [2.24, 2.45) is 0 Å². The second-order valence-corrected chi connectivity index (χ2v) is 3.71. The predicted octanol–water partition coefficient (Wildman–Crippen LogP) is 2.24. The first kappa shape index (κ1) is 9.93. The Hall–Kier alpha value is -1.61. The van der Waals surface area contributed by atoms with Crippen LogP contribution in [0.5, 0.6) is 0 Å². The molecule has 1 N–H and O–H groups in total. The molecule has 3 nitrogen and oxygen atoms in total. The van der Waals surface area contributed by atoms with Gasteiger partial charge < -0.3 is 9.52 Å². The first-order valence-corrected chi connectivity index (χ1v) is 4.81. The molecule has 78 valence electrons. The second kappa shape index (κ2) is 3.51. The molecule has 1 atom stereocenters. The van der Waals surface area contributed by atoms with Crippen molar-refractivity contribution in [3.05, 3.63) is 53.7 Å². The molecule has 3 heteroatoms. The summed E-state index contributed by atoms with van der Waals surface area (Å²) in [6.45, 7) is 3.52. The fourth-order valence-corrected chi connectivity index (χ4v) is 1.66. The normalized spacial score (nSPS) is 14.9. The molecule has 1 unspecified atom stereocenters. The van der Waals surface area contributed by atoms with Crippen molar-refractivity contribution in [1.82, 2.24) is 4.98 Å². The van der Waals surface area contributed by atoms with Gasteiger partial charge in [0.05, 0.1) is 5.69 Å². The lowest BCUT2D eigenvalue weighted by molar-refractivity contribution is 0.0759. The smallest absolute Gasteiger partial charge is 0.181 e. The molecule has 2 rings (SSSR count). The summed E-state index contributed by atoms with van der Waals surface area (Å²) in [5.41, 5.74) is 0.385. The van der Waals surface area contributed by atoms with Crippen LogP contribution in [0.4, 0.5) is 0 Å². The van der Waals surface area contributed by atoms with Crippen LogP contribution in [0.2, 0.25) is 0 Å². The SMILES string of the molecule is Cc1ncoc1C(C)(O)c1ccccc1. The maximum absolute atomic E-state index is 10.4. The molecule has 0 fully saturated rings. The molecule has 0 aliphatic heterocycles. The number of hydrogen-bond donors (Lipinski definition) is 1. The van der Waals surface area contributed by atoms with E-state index < -0.39 is 5.60 Å². The van der Waals surface area contributed by atoms with Crippen LogP contribution < -0.4 is 0 Å². The van der Waals surface area contributed by atoms with Gasteiger partial charge in [-0.25, -0.2) is 4.98 Å². The van der Waals surface area contributed by atoms with E-state index in [-0.39, 0.29) is 0 Å². The molecule has 0 bridgehead atoms. The Morgan fingerprint density at radius 3 is 2.47 bits per heavy atom. The van der Waals surface area contributed by atoms with Gasteiger partial charge in [-0.1, -0.05) is 30.3 Å². The standard InChI is InChI=1S/C12H13NO2/c1-9-11(15-8-13-9)12(2,14)10-6-4-3-5-7-10/h3-8,14H,1-2H3. The minimum atomic E-state index is -1.12. The van der Waals surface area contributed by atoms with Gasteiger partial charge >= 0.3 is 0 Å². The lowest BCUT2D eigenvalue weighted by Gasteiger charge is -2.21. The fraction of sp³-hybridized carbons (Fsp3) is 0.250. The quantitative estimate of drug-likeness (QED) is 0.814. The molecule has 0 saturated carbocycles. The summed E-state index contributed by atoms with van der Waals surface area (Å²) in [6.07, 6.45) is 1.35. The summed E-state index contributed by atoms with van der Waals surface area (Å²) >= 11 is 0. The van der Waals surface area contributed by atoms with Crippen LogP contribution in [0, 0.1) is 6.92 Å². The zero-order chi connectivity index (χ0) is 10.9. The molecule has 15 heavy (non-hydrogen) atoms. The highest BCUT2D eigenvalue weighted by atomic mass is 16.4. The van der Waals surface area contributed by atoms with Crippen LogP contribution >= 0.6 is 0 Å². The molecular formula is C12H13NO2. The minimum Gasteiger partial charge on any atom is -0.445 e. The number of aromatic nitrogens is 1. The third-order valence-corrected chi connectivity index (χ3v) is 2.52. The van der Waals surface area contributed by atoms with E-state index in [9.17, 15) is 5.11 Å². The van der Waals surface area contributed by atoms with Crippen LogP contribution in [-0.2, 0) is 5.60 Å². The first-order chi connectivity index (χ1) is 7.12. The van der Waals surface area contributed by atoms with E-state index in [1.54, 1.807) is 6.92 Å². The van der Waals surface area contributed by atoms with Crippen LogP contribution in [-0.4, -0.2) is 10.1 Å². The minimum absolute atomic E-state index is 0.494. The third-order valence-electron chi connectivity index (χ3n) is 2.52. The zero-order valence-electron chi connectivity index (χ0n) is 8.77. The molecule has 0 radical (unpaired) electrons. The summed E-state index contributed by atoms with van der Waals surface area (Å²) in [6, 6.07) is 9.40. The van der Waals surface area contributed by atoms with E-state index in [0.717, 1.165) is 5.56 Å². The van der Waals surface area contributed by atoms with Crippen LogP contribution in [0.1, 0.15) is 23.9 Å². The first-order valence-electron chi connectivity index (χ1n) is 4.81. The number of rotatable bonds is 2. The molecule has 0 spiro atoms. The van der Waals surface area contributed by atoms with Gasteiger partial charge in [0.15, 0.2) is 12.2 Å². The maximum atomic E-state index is 10.4. The Morgan fingerprint density at radius 2 is 1.93 bits per heavy atom. The van der Waals surface area contributed by atoms with Gasteiger partial charge in [-0.05, 0) is 19.4 Å². The van der Waals surface area contributed by atoms with Crippen molar-refractivity contribution in [3.8, 4) is 0 Å². The van der Waals surface area contributed by atoms with E-state index >= 15 is 0 Å². The highest BCUT2D eigenvalue weighted by molar-refractivity contribution is 5.31. The Balaban J connectivity index is 2.48. The Labute approximate surface area is 88.4 Å². The van der Waals surface area contributed by atoms with Gasteiger partial charge in [-0.2, -0.15) is 0 Å². The summed E-state index contributed by atoms with van der Waals surface area (Å²) in [4.78, 5) is 3.98. The highest BCUT2D eigenvalue weighted by Gasteiger charge is 2.30. The van der Waals surface area contributed by atoms with Crippen LogP contribution in [0.25, 0.3) is 0 Å². The van der Waals surface area contributed by atoms with Crippen LogP contribution in [0.3, 0.4) is 0 Å². The van der Waals surface area contributed by atoms with Gasteiger partial charge in [0.25, 0.3) is 0 Å². The van der Waals surface area contributed by atoms with Gasteiger partial charge in [0, 0.05) is 0 Å². The number of benzene rings is 1. The lowest BCUT2D eigenvalue weighted by Crippen LogP contribution is -2.23. The molecule has 2 aromatic rings. The monoisotopic (exact) mass is 203 g/mol. The number of aliphatic hydroxyl groups is 1.